The van der Waals surface area contributed by atoms with Crippen LogP contribution >= 0.6 is 0 Å². The van der Waals surface area contributed by atoms with Crippen LogP contribution in [-0.4, -0.2) is 55.4 Å². The Morgan fingerprint density at radius 1 is 1.27 bits per heavy atom. The van der Waals surface area contributed by atoms with Crippen molar-refractivity contribution in [1.82, 2.24) is 15.6 Å². The van der Waals surface area contributed by atoms with Crippen molar-refractivity contribution in [2.24, 2.45) is 5.41 Å². The molecule has 1 aliphatic rings. The molecule has 7 nitrogen and oxygen atoms in total. The van der Waals surface area contributed by atoms with Gasteiger partial charge in [-0.3, -0.25) is 14.6 Å². The molecule has 0 aromatic carbocycles. The Morgan fingerprint density at radius 3 is 2.30 bits per heavy atom. The SMILES string of the molecule is CNC(=O)C(NC(=O)c1cc(O[C@@H](C)C(F)(F)F)c(C2(F)COC2)cn1)C(C)(C)C. The monoisotopic (exact) mass is 435 g/mol. The molecule has 1 aromatic heterocycles. The number of amides is 2. The summed E-state index contributed by atoms with van der Waals surface area (Å²) in [7, 11) is 1.41. The van der Waals surface area contributed by atoms with Gasteiger partial charge in [-0.05, 0) is 12.3 Å². The van der Waals surface area contributed by atoms with Gasteiger partial charge in [0.2, 0.25) is 5.91 Å². The molecule has 1 aromatic rings. The Hall–Kier alpha value is -2.43. The van der Waals surface area contributed by atoms with Crippen LogP contribution in [0.2, 0.25) is 0 Å². The molecule has 168 valence electrons. The molecular formula is C19H25F4N3O4. The van der Waals surface area contributed by atoms with Crippen molar-refractivity contribution in [3.05, 3.63) is 23.5 Å². The number of halogens is 4. The van der Waals surface area contributed by atoms with Crippen LogP contribution in [0.1, 0.15) is 43.7 Å². The second-order valence-corrected chi connectivity index (χ2v) is 8.21. The van der Waals surface area contributed by atoms with Gasteiger partial charge in [0.1, 0.15) is 17.5 Å². The zero-order valence-electron chi connectivity index (χ0n) is 17.3. The maximum atomic E-state index is 14.8. The molecule has 2 amide bonds. The highest BCUT2D eigenvalue weighted by Gasteiger charge is 2.45. The lowest BCUT2D eigenvalue weighted by Gasteiger charge is -2.35. The molecule has 2 heterocycles. The molecule has 1 saturated heterocycles. The highest BCUT2D eigenvalue weighted by atomic mass is 19.4. The first-order valence-electron chi connectivity index (χ1n) is 9.22. The van der Waals surface area contributed by atoms with Crippen LogP contribution in [0.4, 0.5) is 17.6 Å². The summed E-state index contributed by atoms with van der Waals surface area (Å²) in [6.07, 6.45) is -5.98. The Morgan fingerprint density at radius 2 is 1.87 bits per heavy atom. The molecule has 0 radical (unpaired) electrons. The second kappa shape index (κ2) is 8.37. The first kappa shape index (κ1) is 23.8. The number of nitrogens with one attached hydrogen (secondary N) is 2. The molecule has 0 spiro atoms. The lowest BCUT2D eigenvalue weighted by atomic mass is 9.86. The summed E-state index contributed by atoms with van der Waals surface area (Å²) >= 11 is 0. The van der Waals surface area contributed by atoms with Gasteiger partial charge in [-0.2, -0.15) is 13.2 Å². The van der Waals surface area contributed by atoms with E-state index in [1.165, 1.54) is 7.05 Å². The molecule has 1 aliphatic heterocycles. The van der Waals surface area contributed by atoms with E-state index in [-0.39, 0.29) is 24.5 Å². The smallest absolute Gasteiger partial charge is 0.425 e. The number of likely N-dealkylation sites (N-methyl/N-ethyl adjacent to an activating group) is 1. The number of pyridine rings is 1. The number of carbonyl (C=O) groups is 2. The van der Waals surface area contributed by atoms with E-state index in [0.717, 1.165) is 19.2 Å². The summed E-state index contributed by atoms with van der Waals surface area (Å²) in [6.45, 7) is 5.24. The lowest BCUT2D eigenvalue weighted by molar-refractivity contribution is -0.190. The third kappa shape index (κ3) is 5.18. The standard InChI is InChI=1S/C19H25F4N3O4/c1-10(19(21,22)23)30-13-6-12(25-7-11(13)18(20)8-29-9-18)15(27)26-14(16(28)24-5)17(2,3)4/h6-7,10,14H,8-9H2,1-5H3,(H,24,28)(H,26,27)/t10-,14?/m0/s1. The Bertz CT molecular complexity index is 804. The van der Waals surface area contributed by atoms with Crippen LogP contribution in [-0.2, 0) is 15.2 Å². The Kier molecular flexibility index (Phi) is 6.65. The molecule has 0 bridgehead atoms. The van der Waals surface area contributed by atoms with E-state index in [9.17, 15) is 27.2 Å². The average molecular weight is 435 g/mol. The molecule has 2 rings (SSSR count). The first-order valence-corrected chi connectivity index (χ1v) is 9.22. The summed E-state index contributed by atoms with van der Waals surface area (Å²) in [5, 5.41) is 4.95. The summed E-state index contributed by atoms with van der Waals surface area (Å²) in [4.78, 5) is 28.6. The van der Waals surface area contributed by atoms with Gasteiger partial charge >= 0.3 is 6.18 Å². The lowest BCUT2D eigenvalue weighted by Crippen LogP contribution is -2.53. The molecule has 0 aliphatic carbocycles. The van der Waals surface area contributed by atoms with Gasteiger partial charge in [0.25, 0.3) is 5.91 Å². The zero-order chi connectivity index (χ0) is 22.9. The minimum absolute atomic E-state index is 0.236. The molecule has 11 heteroatoms. The summed E-state index contributed by atoms with van der Waals surface area (Å²) in [5.74, 6) is -1.73. The minimum atomic E-state index is -4.70. The number of ether oxygens (including phenoxy) is 2. The summed E-state index contributed by atoms with van der Waals surface area (Å²) in [5.41, 5.74) is -3.27. The fourth-order valence-corrected chi connectivity index (χ4v) is 2.71. The number of hydrogen-bond donors (Lipinski definition) is 2. The van der Waals surface area contributed by atoms with E-state index in [0.29, 0.717) is 0 Å². The molecular weight excluding hydrogens is 410 g/mol. The highest BCUT2D eigenvalue weighted by Crippen LogP contribution is 2.40. The number of rotatable bonds is 6. The largest absolute Gasteiger partial charge is 0.481 e. The van der Waals surface area contributed by atoms with E-state index >= 15 is 0 Å². The van der Waals surface area contributed by atoms with Crippen molar-refractivity contribution >= 4 is 11.8 Å². The van der Waals surface area contributed by atoms with Crippen molar-refractivity contribution in [3.63, 3.8) is 0 Å². The predicted octanol–water partition coefficient (Wildman–Crippen LogP) is 2.50. The number of nitrogens with zero attached hydrogens (tertiary/aromatic N) is 1. The van der Waals surface area contributed by atoms with Crippen molar-refractivity contribution in [1.29, 1.82) is 0 Å². The Labute approximate surface area is 171 Å². The number of aromatic nitrogens is 1. The Balaban J connectivity index is 2.37. The highest BCUT2D eigenvalue weighted by molar-refractivity contribution is 5.96. The maximum absolute atomic E-state index is 14.8. The second-order valence-electron chi connectivity index (χ2n) is 8.21. The summed E-state index contributed by atoms with van der Waals surface area (Å²) in [6, 6.07) is -0.00153. The van der Waals surface area contributed by atoms with Crippen LogP contribution in [0.25, 0.3) is 0 Å². The topological polar surface area (TPSA) is 89.6 Å². The van der Waals surface area contributed by atoms with Gasteiger partial charge in [0.15, 0.2) is 11.8 Å². The van der Waals surface area contributed by atoms with Crippen molar-refractivity contribution < 1.29 is 36.6 Å². The fraction of sp³-hybridized carbons (Fsp3) is 0.632. The van der Waals surface area contributed by atoms with Gasteiger partial charge in [-0.1, -0.05) is 20.8 Å². The zero-order valence-corrected chi connectivity index (χ0v) is 17.3. The quantitative estimate of drug-likeness (QED) is 0.671. The first-order chi connectivity index (χ1) is 13.7. The van der Waals surface area contributed by atoms with Gasteiger partial charge in [0, 0.05) is 19.3 Å². The van der Waals surface area contributed by atoms with E-state index in [1.54, 1.807) is 20.8 Å². The van der Waals surface area contributed by atoms with E-state index < -0.39 is 47.0 Å². The third-order valence-electron chi connectivity index (χ3n) is 4.66. The predicted molar refractivity (Wildman–Crippen MR) is 98.8 cm³/mol. The third-order valence-corrected chi connectivity index (χ3v) is 4.66. The van der Waals surface area contributed by atoms with E-state index in [1.807, 2.05) is 0 Å². The van der Waals surface area contributed by atoms with Crippen LogP contribution in [0.3, 0.4) is 0 Å². The van der Waals surface area contributed by atoms with Crippen molar-refractivity contribution in [2.75, 3.05) is 20.3 Å². The van der Waals surface area contributed by atoms with Gasteiger partial charge in [-0.15, -0.1) is 0 Å². The van der Waals surface area contributed by atoms with Gasteiger partial charge in [-0.25, -0.2) is 4.39 Å². The molecule has 1 unspecified atom stereocenters. The molecule has 1 fully saturated rings. The normalized spacial score (nSPS) is 18.0. The average Bonchev–Trinajstić information content (AvgIpc) is 2.61. The van der Waals surface area contributed by atoms with Gasteiger partial charge < -0.3 is 20.1 Å². The summed E-state index contributed by atoms with van der Waals surface area (Å²) < 4.78 is 63.5. The van der Waals surface area contributed by atoms with Crippen molar-refractivity contribution in [3.8, 4) is 5.75 Å². The van der Waals surface area contributed by atoms with Crippen LogP contribution in [0, 0.1) is 5.41 Å². The molecule has 30 heavy (non-hydrogen) atoms. The van der Waals surface area contributed by atoms with Crippen LogP contribution in [0.15, 0.2) is 12.3 Å². The number of alkyl halides is 4. The van der Waals surface area contributed by atoms with Crippen LogP contribution in [0.5, 0.6) is 5.75 Å². The minimum Gasteiger partial charge on any atom is -0.481 e. The van der Waals surface area contributed by atoms with Gasteiger partial charge in [0.05, 0.1) is 18.8 Å². The van der Waals surface area contributed by atoms with E-state index in [2.05, 4.69) is 15.6 Å². The number of carbonyl (C=O) groups excluding carboxylic acids is 2. The molecule has 2 atom stereocenters. The molecule has 0 saturated carbocycles. The van der Waals surface area contributed by atoms with E-state index in [4.69, 9.17) is 9.47 Å². The molecule has 2 N–H and O–H groups in total. The van der Waals surface area contributed by atoms with Crippen molar-refractivity contribution in [2.45, 2.75) is 51.7 Å². The number of hydrogen-bond acceptors (Lipinski definition) is 5. The van der Waals surface area contributed by atoms with Crippen LogP contribution < -0.4 is 15.4 Å². The maximum Gasteiger partial charge on any atom is 0.425 e. The fourth-order valence-electron chi connectivity index (χ4n) is 2.71.